The molecular weight excluding hydrogens is 308 g/mol. The second-order valence-corrected chi connectivity index (χ2v) is 4.82. The molecule has 0 bridgehead atoms. The Hall–Kier alpha value is -2.01. The number of nitrogens with zero attached hydrogens (tertiary/aromatic N) is 2. The molecule has 5 heteroatoms. The Kier molecular flexibility index (Phi) is 2.91. The number of aromatic hydroxyl groups is 1. The highest BCUT2D eigenvalue weighted by Gasteiger charge is 2.14. The van der Waals surface area contributed by atoms with Crippen LogP contribution in [-0.4, -0.2) is 21.6 Å². The van der Waals surface area contributed by atoms with Gasteiger partial charge in [0, 0.05) is 12.3 Å². The highest BCUT2D eigenvalue weighted by Crippen LogP contribution is 2.33. The monoisotopic (exact) mass is 318 g/mol. The molecule has 1 N–H and O–H groups in total. The number of imidazole rings is 1. The molecule has 0 radical (unpaired) electrons. The van der Waals surface area contributed by atoms with E-state index in [0.29, 0.717) is 4.60 Å². The number of fused-ring (bicyclic) bond motifs is 1. The highest BCUT2D eigenvalue weighted by molar-refractivity contribution is 9.10. The van der Waals surface area contributed by atoms with Crippen molar-refractivity contribution in [2.75, 3.05) is 7.11 Å². The minimum Gasteiger partial charge on any atom is -0.508 e. The summed E-state index contributed by atoms with van der Waals surface area (Å²) >= 11 is 3.41. The topological polar surface area (TPSA) is 46.8 Å². The summed E-state index contributed by atoms with van der Waals surface area (Å²) in [6, 6.07) is 11.0. The van der Waals surface area contributed by atoms with Gasteiger partial charge in [0.2, 0.25) is 0 Å². The van der Waals surface area contributed by atoms with E-state index in [9.17, 15) is 5.11 Å². The van der Waals surface area contributed by atoms with Crippen LogP contribution < -0.4 is 4.74 Å². The van der Waals surface area contributed by atoms with Crippen molar-refractivity contribution in [2.24, 2.45) is 0 Å². The molecule has 19 heavy (non-hydrogen) atoms. The lowest BCUT2D eigenvalue weighted by molar-refractivity contribution is 0.416. The Balaban J connectivity index is 2.31. The quantitative estimate of drug-likeness (QED) is 0.787. The number of rotatable bonds is 2. The van der Waals surface area contributed by atoms with E-state index in [1.807, 2.05) is 28.7 Å². The van der Waals surface area contributed by atoms with Crippen molar-refractivity contribution in [3.8, 4) is 22.9 Å². The standard InChI is InChI=1S/C14H11BrN2O2/c1-19-12-5-3-2-4-10(12)14-16-13(15)11-8-9(18)6-7-17(11)14/h2-8,18H,1H3. The Morgan fingerprint density at radius 1 is 1.26 bits per heavy atom. The van der Waals surface area contributed by atoms with Gasteiger partial charge in [-0.25, -0.2) is 4.98 Å². The number of hydrogen-bond acceptors (Lipinski definition) is 3. The molecule has 2 aromatic heterocycles. The third-order valence-corrected chi connectivity index (χ3v) is 3.51. The van der Waals surface area contributed by atoms with Gasteiger partial charge in [-0.05, 0) is 34.1 Å². The van der Waals surface area contributed by atoms with Gasteiger partial charge < -0.3 is 9.84 Å². The van der Waals surface area contributed by atoms with Gasteiger partial charge in [0.15, 0.2) is 0 Å². The van der Waals surface area contributed by atoms with Gasteiger partial charge >= 0.3 is 0 Å². The van der Waals surface area contributed by atoms with Crippen LogP contribution in [0.15, 0.2) is 47.2 Å². The average Bonchev–Trinajstić information content (AvgIpc) is 2.75. The number of aromatic nitrogens is 2. The molecule has 0 saturated carbocycles. The highest BCUT2D eigenvalue weighted by atomic mass is 79.9. The van der Waals surface area contributed by atoms with E-state index in [-0.39, 0.29) is 5.75 Å². The molecule has 1 aromatic carbocycles. The molecule has 0 atom stereocenters. The lowest BCUT2D eigenvalue weighted by Crippen LogP contribution is -1.92. The smallest absolute Gasteiger partial charge is 0.149 e. The third-order valence-electron chi connectivity index (χ3n) is 2.93. The van der Waals surface area contributed by atoms with Crippen LogP contribution in [0, 0.1) is 0 Å². The number of methoxy groups -OCH3 is 1. The van der Waals surface area contributed by atoms with E-state index >= 15 is 0 Å². The Labute approximate surface area is 118 Å². The van der Waals surface area contributed by atoms with Crippen LogP contribution in [0.1, 0.15) is 0 Å². The Morgan fingerprint density at radius 3 is 2.84 bits per heavy atom. The van der Waals surface area contributed by atoms with Gasteiger partial charge in [0.1, 0.15) is 21.9 Å². The number of hydrogen-bond donors (Lipinski definition) is 1. The largest absolute Gasteiger partial charge is 0.508 e. The van der Waals surface area contributed by atoms with Crippen LogP contribution in [0.3, 0.4) is 0 Å². The van der Waals surface area contributed by atoms with Crippen molar-refractivity contribution in [1.82, 2.24) is 9.38 Å². The molecule has 3 aromatic rings. The molecule has 2 heterocycles. The van der Waals surface area contributed by atoms with Gasteiger partial charge in [-0.2, -0.15) is 0 Å². The summed E-state index contributed by atoms with van der Waals surface area (Å²) in [4.78, 5) is 4.50. The van der Waals surface area contributed by atoms with Gasteiger partial charge in [-0.3, -0.25) is 4.40 Å². The maximum absolute atomic E-state index is 9.55. The van der Waals surface area contributed by atoms with Crippen molar-refractivity contribution in [1.29, 1.82) is 0 Å². The van der Waals surface area contributed by atoms with E-state index in [1.54, 1.807) is 25.4 Å². The zero-order valence-electron chi connectivity index (χ0n) is 10.2. The molecule has 3 rings (SSSR count). The normalized spacial score (nSPS) is 10.8. The molecule has 0 aliphatic heterocycles. The fourth-order valence-electron chi connectivity index (χ4n) is 2.06. The van der Waals surface area contributed by atoms with Crippen molar-refractivity contribution in [3.05, 3.63) is 47.2 Å². The second-order valence-electron chi connectivity index (χ2n) is 4.07. The van der Waals surface area contributed by atoms with Crippen molar-refractivity contribution in [2.45, 2.75) is 0 Å². The minimum atomic E-state index is 0.208. The molecule has 0 aliphatic carbocycles. The van der Waals surface area contributed by atoms with E-state index in [0.717, 1.165) is 22.7 Å². The maximum atomic E-state index is 9.55. The summed E-state index contributed by atoms with van der Waals surface area (Å²) < 4.78 is 7.95. The van der Waals surface area contributed by atoms with Crippen LogP contribution in [0.25, 0.3) is 16.9 Å². The first-order valence-corrected chi connectivity index (χ1v) is 6.50. The number of para-hydroxylation sites is 1. The molecule has 0 fully saturated rings. The summed E-state index contributed by atoms with van der Waals surface area (Å²) in [7, 11) is 1.63. The fourth-order valence-corrected chi connectivity index (χ4v) is 2.53. The predicted octanol–water partition coefficient (Wildman–Crippen LogP) is 3.48. The zero-order chi connectivity index (χ0) is 13.4. The SMILES string of the molecule is COc1ccccc1-c1nc(Br)c2cc(O)ccn12. The van der Waals surface area contributed by atoms with E-state index < -0.39 is 0 Å². The summed E-state index contributed by atoms with van der Waals surface area (Å²) in [6.45, 7) is 0. The fraction of sp³-hybridized carbons (Fsp3) is 0.0714. The van der Waals surface area contributed by atoms with Gasteiger partial charge in [-0.1, -0.05) is 12.1 Å². The first-order valence-electron chi connectivity index (χ1n) is 5.70. The molecular formula is C14H11BrN2O2. The average molecular weight is 319 g/mol. The predicted molar refractivity (Wildman–Crippen MR) is 76.5 cm³/mol. The number of benzene rings is 1. The van der Waals surface area contributed by atoms with Crippen molar-refractivity contribution >= 4 is 21.4 Å². The number of ether oxygens (including phenoxy) is 1. The lowest BCUT2D eigenvalue weighted by Gasteiger charge is -2.07. The lowest BCUT2D eigenvalue weighted by atomic mass is 10.2. The summed E-state index contributed by atoms with van der Waals surface area (Å²) in [5.74, 6) is 1.73. The minimum absolute atomic E-state index is 0.208. The first kappa shape index (κ1) is 12.0. The Morgan fingerprint density at radius 2 is 2.05 bits per heavy atom. The molecule has 0 amide bonds. The molecule has 0 unspecified atom stereocenters. The Bertz CT molecular complexity index is 752. The van der Waals surface area contributed by atoms with Gasteiger partial charge in [0.25, 0.3) is 0 Å². The van der Waals surface area contributed by atoms with Crippen molar-refractivity contribution < 1.29 is 9.84 Å². The number of pyridine rings is 1. The summed E-state index contributed by atoms with van der Waals surface area (Å²) in [5.41, 5.74) is 1.71. The van der Waals surface area contributed by atoms with E-state index in [1.165, 1.54) is 0 Å². The van der Waals surface area contributed by atoms with Crippen LogP contribution in [0.4, 0.5) is 0 Å². The van der Waals surface area contributed by atoms with Crippen LogP contribution in [-0.2, 0) is 0 Å². The zero-order valence-corrected chi connectivity index (χ0v) is 11.8. The molecule has 0 saturated heterocycles. The summed E-state index contributed by atoms with van der Waals surface area (Å²) in [6.07, 6.45) is 1.78. The van der Waals surface area contributed by atoms with Crippen LogP contribution in [0.5, 0.6) is 11.5 Å². The maximum Gasteiger partial charge on any atom is 0.149 e. The molecule has 96 valence electrons. The van der Waals surface area contributed by atoms with E-state index in [4.69, 9.17) is 4.74 Å². The molecule has 0 aliphatic rings. The summed E-state index contributed by atoms with van der Waals surface area (Å²) in [5, 5.41) is 9.55. The van der Waals surface area contributed by atoms with Crippen LogP contribution >= 0.6 is 15.9 Å². The van der Waals surface area contributed by atoms with Gasteiger partial charge in [0.05, 0.1) is 18.2 Å². The first-order chi connectivity index (χ1) is 9.20. The van der Waals surface area contributed by atoms with E-state index in [2.05, 4.69) is 20.9 Å². The molecule has 4 nitrogen and oxygen atoms in total. The van der Waals surface area contributed by atoms with Crippen LogP contribution in [0.2, 0.25) is 0 Å². The van der Waals surface area contributed by atoms with Gasteiger partial charge in [-0.15, -0.1) is 0 Å². The van der Waals surface area contributed by atoms with Crippen molar-refractivity contribution in [3.63, 3.8) is 0 Å². The molecule has 0 spiro atoms. The number of halogens is 1. The third kappa shape index (κ3) is 1.96. The second kappa shape index (κ2) is 4.59.